The normalized spacial score (nSPS) is 10.4. The number of hydrogen-bond donors (Lipinski definition) is 2. The van der Waals surface area contributed by atoms with Gasteiger partial charge in [-0.3, -0.25) is 14.4 Å². The van der Waals surface area contributed by atoms with Gasteiger partial charge < -0.3 is 24.5 Å². The van der Waals surface area contributed by atoms with Crippen molar-refractivity contribution in [3.05, 3.63) is 64.2 Å². The van der Waals surface area contributed by atoms with Crippen LogP contribution in [0.3, 0.4) is 0 Å². The quantitative estimate of drug-likeness (QED) is 0.444. The zero-order chi connectivity index (χ0) is 24.7. The Labute approximate surface area is 200 Å². The van der Waals surface area contributed by atoms with Crippen LogP contribution < -0.4 is 10.6 Å². The van der Waals surface area contributed by atoms with Gasteiger partial charge in [0.1, 0.15) is 22.9 Å². The first-order chi connectivity index (χ1) is 16.3. The molecular weight excluding hydrogens is 460 g/mol. The summed E-state index contributed by atoms with van der Waals surface area (Å²) in [6.07, 6.45) is 1.47. The summed E-state index contributed by atoms with van der Waals surface area (Å²) < 4.78 is 15.4. The van der Waals surface area contributed by atoms with E-state index in [2.05, 4.69) is 10.6 Å². The summed E-state index contributed by atoms with van der Waals surface area (Å²) in [4.78, 5) is 49.0. The molecule has 9 nitrogen and oxygen atoms in total. The van der Waals surface area contributed by atoms with E-state index in [0.29, 0.717) is 16.9 Å². The second kappa shape index (κ2) is 11.3. The molecule has 2 amide bonds. The fourth-order valence-electron chi connectivity index (χ4n) is 3.19. The third-order valence-electron chi connectivity index (χ3n) is 4.55. The SMILES string of the molecule is CCOC(=O)c1c(-c2ccco2)csc1NC(=O)COC(=O)CNC(=O)c1cc(C)cc(C)c1. The molecule has 3 rings (SSSR count). The molecule has 0 aliphatic rings. The van der Waals surface area contributed by atoms with Gasteiger partial charge in [0.05, 0.1) is 12.9 Å². The van der Waals surface area contributed by atoms with Gasteiger partial charge in [-0.05, 0) is 45.0 Å². The van der Waals surface area contributed by atoms with Crippen molar-refractivity contribution in [2.45, 2.75) is 20.8 Å². The summed E-state index contributed by atoms with van der Waals surface area (Å²) in [7, 11) is 0. The van der Waals surface area contributed by atoms with Crippen LogP contribution in [-0.2, 0) is 19.1 Å². The molecule has 10 heteroatoms. The van der Waals surface area contributed by atoms with Crippen molar-refractivity contribution >= 4 is 40.1 Å². The lowest BCUT2D eigenvalue weighted by molar-refractivity contribution is -0.146. The minimum Gasteiger partial charge on any atom is -0.464 e. The van der Waals surface area contributed by atoms with Crippen molar-refractivity contribution in [3.63, 3.8) is 0 Å². The lowest BCUT2D eigenvalue weighted by Gasteiger charge is -2.09. The van der Waals surface area contributed by atoms with Crippen molar-refractivity contribution in [2.24, 2.45) is 0 Å². The fraction of sp³-hybridized carbons (Fsp3) is 0.250. The molecule has 3 aromatic rings. The lowest BCUT2D eigenvalue weighted by Crippen LogP contribution is -2.32. The molecule has 0 saturated heterocycles. The van der Waals surface area contributed by atoms with Crippen LogP contribution in [0.15, 0.2) is 46.4 Å². The molecule has 0 spiro atoms. The van der Waals surface area contributed by atoms with Crippen molar-refractivity contribution in [2.75, 3.05) is 25.1 Å². The van der Waals surface area contributed by atoms with E-state index in [-0.39, 0.29) is 17.2 Å². The van der Waals surface area contributed by atoms with Gasteiger partial charge in [0.15, 0.2) is 6.61 Å². The number of hydrogen-bond acceptors (Lipinski definition) is 8. The highest BCUT2D eigenvalue weighted by Crippen LogP contribution is 2.36. The molecule has 0 aliphatic heterocycles. The number of rotatable bonds is 9. The molecule has 0 unspecified atom stereocenters. The van der Waals surface area contributed by atoms with Crippen LogP contribution in [0, 0.1) is 13.8 Å². The molecule has 2 aromatic heterocycles. The molecule has 1 aromatic carbocycles. The maximum atomic E-state index is 12.5. The summed E-state index contributed by atoms with van der Waals surface area (Å²) in [5.74, 6) is -2.01. The third kappa shape index (κ3) is 6.32. The van der Waals surface area contributed by atoms with E-state index in [0.717, 1.165) is 22.5 Å². The van der Waals surface area contributed by atoms with Gasteiger partial charge in [0.25, 0.3) is 11.8 Å². The Kier molecular flexibility index (Phi) is 8.20. The summed E-state index contributed by atoms with van der Waals surface area (Å²) in [6.45, 7) is 4.59. The molecule has 0 saturated carbocycles. The zero-order valence-corrected chi connectivity index (χ0v) is 19.7. The highest BCUT2D eigenvalue weighted by molar-refractivity contribution is 7.15. The highest BCUT2D eigenvalue weighted by atomic mass is 32.1. The van der Waals surface area contributed by atoms with E-state index in [9.17, 15) is 19.2 Å². The number of thiophene rings is 1. The number of amides is 2. The van der Waals surface area contributed by atoms with Gasteiger partial charge >= 0.3 is 11.9 Å². The Morgan fingerprint density at radius 3 is 2.44 bits per heavy atom. The van der Waals surface area contributed by atoms with Crippen LogP contribution in [0.1, 0.15) is 38.8 Å². The van der Waals surface area contributed by atoms with Crippen LogP contribution in [0.25, 0.3) is 11.3 Å². The van der Waals surface area contributed by atoms with Gasteiger partial charge in [-0.25, -0.2) is 4.79 Å². The summed E-state index contributed by atoms with van der Waals surface area (Å²) in [6, 6.07) is 8.71. The predicted molar refractivity (Wildman–Crippen MR) is 126 cm³/mol. The number of anilines is 1. The average Bonchev–Trinajstić information content (AvgIpc) is 3.45. The maximum absolute atomic E-state index is 12.5. The molecule has 34 heavy (non-hydrogen) atoms. The topological polar surface area (TPSA) is 124 Å². The van der Waals surface area contributed by atoms with Gasteiger partial charge in [-0.1, -0.05) is 17.2 Å². The van der Waals surface area contributed by atoms with Crippen molar-refractivity contribution in [1.29, 1.82) is 0 Å². The Morgan fingerprint density at radius 1 is 1.06 bits per heavy atom. The number of esters is 2. The smallest absolute Gasteiger partial charge is 0.341 e. The fourth-order valence-corrected chi connectivity index (χ4v) is 4.14. The van der Waals surface area contributed by atoms with Gasteiger partial charge in [0, 0.05) is 16.5 Å². The molecule has 0 bridgehead atoms. The van der Waals surface area contributed by atoms with E-state index in [1.165, 1.54) is 6.26 Å². The number of carbonyl (C=O) groups excluding carboxylic acids is 4. The number of benzene rings is 1. The predicted octanol–water partition coefficient (Wildman–Crippen LogP) is 3.71. The molecule has 0 radical (unpaired) electrons. The first-order valence-corrected chi connectivity index (χ1v) is 11.3. The van der Waals surface area contributed by atoms with Crippen molar-refractivity contribution in [3.8, 4) is 11.3 Å². The average molecular weight is 485 g/mol. The minimum atomic E-state index is -0.777. The molecule has 0 fully saturated rings. The van der Waals surface area contributed by atoms with Crippen LogP contribution in [0.4, 0.5) is 5.00 Å². The molecule has 2 heterocycles. The van der Waals surface area contributed by atoms with Crippen molar-refractivity contribution < 1.29 is 33.1 Å². The molecule has 0 aliphatic carbocycles. The largest absolute Gasteiger partial charge is 0.464 e. The molecule has 0 atom stereocenters. The van der Waals surface area contributed by atoms with Crippen LogP contribution in [-0.4, -0.2) is 43.5 Å². The number of ether oxygens (including phenoxy) is 2. The van der Waals surface area contributed by atoms with Crippen molar-refractivity contribution in [1.82, 2.24) is 5.32 Å². The second-order valence-electron chi connectivity index (χ2n) is 7.32. The molecule has 2 N–H and O–H groups in total. The zero-order valence-electron chi connectivity index (χ0n) is 18.9. The van der Waals surface area contributed by atoms with E-state index in [1.54, 1.807) is 36.6 Å². The number of aryl methyl sites for hydroxylation is 2. The van der Waals surface area contributed by atoms with Crippen LogP contribution >= 0.6 is 11.3 Å². The number of carbonyl (C=O) groups is 4. The first-order valence-electron chi connectivity index (χ1n) is 10.4. The van der Waals surface area contributed by atoms with E-state index < -0.39 is 36.9 Å². The molecular formula is C24H24N2O7S. The van der Waals surface area contributed by atoms with Crippen LogP contribution in [0.5, 0.6) is 0 Å². The minimum absolute atomic E-state index is 0.155. The standard InChI is InChI=1S/C24H24N2O7S/c1-4-31-24(30)21-17(18-6-5-7-32-18)13-34-23(21)26-19(27)12-33-20(28)11-25-22(29)16-9-14(2)8-15(3)10-16/h5-10,13H,4,11-12H2,1-3H3,(H,25,29)(H,26,27). The summed E-state index contributed by atoms with van der Waals surface area (Å²) >= 11 is 1.11. The Morgan fingerprint density at radius 2 is 1.79 bits per heavy atom. The number of nitrogens with one attached hydrogen (secondary N) is 2. The van der Waals surface area contributed by atoms with Gasteiger partial charge in [-0.2, -0.15) is 0 Å². The van der Waals surface area contributed by atoms with Gasteiger partial charge in [-0.15, -0.1) is 11.3 Å². The first kappa shape index (κ1) is 24.7. The van der Waals surface area contributed by atoms with Crippen LogP contribution in [0.2, 0.25) is 0 Å². The summed E-state index contributed by atoms with van der Waals surface area (Å²) in [5, 5.41) is 6.94. The monoisotopic (exact) mass is 484 g/mol. The van der Waals surface area contributed by atoms with E-state index >= 15 is 0 Å². The highest BCUT2D eigenvalue weighted by Gasteiger charge is 2.24. The Hall–Kier alpha value is -3.92. The second-order valence-corrected chi connectivity index (χ2v) is 8.20. The Balaban J connectivity index is 1.56. The maximum Gasteiger partial charge on any atom is 0.341 e. The lowest BCUT2D eigenvalue weighted by atomic mass is 10.1. The third-order valence-corrected chi connectivity index (χ3v) is 5.45. The number of furan rings is 1. The van der Waals surface area contributed by atoms with E-state index in [1.807, 2.05) is 19.9 Å². The Bertz CT molecular complexity index is 1180. The summed E-state index contributed by atoms with van der Waals surface area (Å²) in [5.41, 5.74) is 2.92. The van der Waals surface area contributed by atoms with Gasteiger partial charge in [0.2, 0.25) is 0 Å². The van der Waals surface area contributed by atoms with E-state index in [4.69, 9.17) is 13.9 Å². The molecule has 178 valence electrons.